The number of para-hydroxylation sites is 1. The highest BCUT2D eigenvalue weighted by Gasteiger charge is 2.27. The van der Waals surface area contributed by atoms with Gasteiger partial charge in [0.1, 0.15) is 12.1 Å². The Bertz CT molecular complexity index is 1200. The number of thioether (sulfide) groups is 1. The second-order valence-electron chi connectivity index (χ2n) is 7.67. The molecule has 9 heteroatoms. The number of benzene rings is 2. The maximum absolute atomic E-state index is 13.0. The third-order valence-corrected chi connectivity index (χ3v) is 7.73. The number of ether oxygens (including phenoxy) is 1. The number of hydrogen-bond acceptors (Lipinski definition) is 7. The maximum Gasteiger partial charge on any atom is 0.233 e. The fourth-order valence-electron chi connectivity index (χ4n) is 3.95. The Balaban J connectivity index is 1.24. The summed E-state index contributed by atoms with van der Waals surface area (Å²) in [5.74, 6) is 1.52. The van der Waals surface area contributed by atoms with Crippen LogP contribution in [-0.4, -0.2) is 56.5 Å². The summed E-state index contributed by atoms with van der Waals surface area (Å²) in [5.41, 5.74) is 1.95. The van der Waals surface area contributed by atoms with Gasteiger partial charge in [0, 0.05) is 25.1 Å². The lowest BCUT2D eigenvalue weighted by Gasteiger charge is -2.31. The number of rotatable bonds is 6. The van der Waals surface area contributed by atoms with Crippen LogP contribution in [0.2, 0.25) is 0 Å². The van der Waals surface area contributed by atoms with Gasteiger partial charge in [-0.1, -0.05) is 30.0 Å². The lowest BCUT2D eigenvalue weighted by atomic mass is 9.99. The average molecular weight is 466 g/mol. The van der Waals surface area contributed by atoms with Gasteiger partial charge >= 0.3 is 0 Å². The van der Waals surface area contributed by atoms with Crippen LogP contribution < -0.4 is 4.74 Å². The van der Waals surface area contributed by atoms with E-state index in [1.165, 1.54) is 16.5 Å². The van der Waals surface area contributed by atoms with Crippen molar-refractivity contribution in [3.8, 4) is 11.4 Å². The Morgan fingerprint density at radius 2 is 2.16 bits per heavy atom. The van der Waals surface area contributed by atoms with Gasteiger partial charge in [-0.05, 0) is 37.1 Å². The Hall–Kier alpha value is -2.91. The van der Waals surface area contributed by atoms with Crippen LogP contribution in [0, 0.1) is 0 Å². The highest BCUT2D eigenvalue weighted by molar-refractivity contribution is 7.99. The number of nitrogens with zero attached hydrogens (tertiary/aromatic N) is 5. The molecule has 3 heterocycles. The molecule has 1 aliphatic heterocycles. The van der Waals surface area contributed by atoms with Crippen LogP contribution in [0.25, 0.3) is 15.9 Å². The van der Waals surface area contributed by atoms with Crippen molar-refractivity contribution in [2.45, 2.75) is 23.9 Å². The molecule has 0 unspecified atom stereocenters. The zero-order valence-electron chi connectivity index (χ0n) is 17.7. The molecule has 1 atom stereocenters. The molecule has 4 aromatic rings. The number of piperidine rings is 1. The van der Waals surface area contributed by atoms with Crippen molar-refractivity contribution in [3.05, 3.63) is 59.9 Å². The Morgan fingerprint density at radius 1 is 1.25 bits per heavy atom. The molecule has 7 nitrogen and oxygen atoms in total. The number of thiazole rings is 1. The fraction of sp³-hybridized carbons (Fsp3) is 0.304. The SMILES string of the molecule is COc1cccc(-n2cnnc2SCC(=O)N2CCC[C@H](c3nc4ccccc4s3)C2)c1. The van der Waals surface area contributed by atoms with E-state index in [1.54, 1.807) is 24.8 Å². The number of carbonyl (C=O) groups excluding carboxylic acids is 1. The van der Waals surface area contributed by atoms with Crippen LogP contribution in [-0.2, 0) is 4.79 Å². The molecule has 0 bridgehead atoms. The summed E-state index contributed by atoms with van der Waals surface area (Å²) in [6.07, 6.45) is 3.73. The first-order valence-electron chi connectivity index (χ1n) is 10.5. The summed E-state index contributed by atoms with van der Waals surface area (Å²) in [6.45, 7) is 1.52. The first-order chi connectivity index (χ1) is 15.7. The zero-order chi connectivity index (χ0) is 21.9. The molecule has 1 aliphatic rings. The van der Waals surface area contributed by atoms with Gasteiger partial charge in [-0.3, -0.25) is 9.36 Å². The molecule has 1 fully saturated rings. The van der Waals surface area contributed by atoms with Crippen molar-refractivity contribution in [2.24, 2.45) is 0 Å². The van der Waals surface area contributed by atoms with E-state index >= 15 is 0 Å². The van der Waals surface area contributed by atoms with Crippen LogP contribution in [0.4, 0.5) is 0 Å². The first kappa shape index (κ1) is 21.0. The summed E-state index contributed by atoms with van der Waals surface area (Å²) in [5, 5.41) is 10.1. The average Bonchev–Trinajstić information content (AvgIpc) is 3.49. The second-order valence-corrected chi connectivity index (χ2v) is 9.68. The van der Waals surface area contributed by atoms with Crippen LogP contribution in [0.1, 0.15) is 23.8 Å². The van der Waals surface area contributed by atoms with E-state index in [9.17, 15) is 4.79 Å². The van der Waals surface area contributed by atoms with E-state index in [0.717, 1.165) is 47.9 Å². The molecular formula is C23H23N5O2S2. The molecule has 0 spiro atoms. The van der Waals surface area contributed by atoms with Crippen LogP contribution in [0.5, 0.6) is 5.75 Å². The van der Waals surface area contributed by atoms with Gasteiger partial charge in [-0.25, -0.2) is 4.98 Å². The highest BCUT2D eigenvalue weighted by Crippen LogP contribution is 2.33. The van der Waals surface area contributed by atoms with Gasteiger partial charge in [0.25, 0.3) is 0 Å². The molecule has 32 heavy (non-hydrogen) atoms. The van der Waals surface area contributed by atoms with Gasteiger partial charge in [0.2, 0.25) is 5.91 Å². The van der Waals surface area contributed by atoms with E-state index in [1.807, 2.05) is 45.9 Å². The van der Waals surface area contributed by atoms with Crippen molar-refractivity contribution >= 4 is 39.2 Å². The first-order valence-corrected chi connectivity index (χ1v) is 12.3. The molecule has 0 N–H and O–H groups in total. The molecule has 1 amide bonds. The van der Waals surface area contributed by atoms with E-state index < -0.39 is 0 Å². The summed E-state index contributed by atoms with van der Waals surface area (Å²) >= 11 is 3.15. The van der Waals surface area contributed by atoms with E-state index in [-0.39, 0.29) is 5.91 Å². The molecule has 5 rings (SSSR count). The zero-order valence-corrected chi connectivity index (χ0v) is 19.3. The Morgan fingerprint density at radius 3 is 3.03 bits per heavy atom. The van der Waals surface area contributed by atoms with Crippen molar-refractivity contribution in [3.63, 3.8) is 0 Å². The number of likely N-dealkylation sites (tertiary alicyclic amines) is 1. The standard InChI is InChI=1S/C23H23N5O2S2/c1-30-18-8-4-7-17(12-18)28-15-24-26-23(28)31-14-21(29)27-11-5-6-16(13-27)22-25-19-9-2-3-10-20(19)32-22/h2-4,7-10,12,15-16H,5-6,11,13-14H2,1H3/t16-/m0/s1. The van der Waals surface area contributed by atoms with Crippen molar-refractivity contribution < 1.29 is 9.53 Å². The van der Waals surface area contributed by atoms with Gasteiger partial charge in [-0.2, -0.15) is 0 Å². The topological polar surface area (TPSA) is 73.1 Å². The minimum absolute atomic E-state index is 0.126. The van der Waals surface area contributed by atoms with Crippen molar-refractivity contribution in [1.29, 1.82) is 0 Å². The molecule has 2 aromatic heterocycles. The molecule has 1 saturated heterocycles. The maximum atomic E-state index is 13.0. The van der Waals surface area contributed by atoms with Crippen molar-refractivity contribution in [2.75, 3.05) is 26.0 Å². The smallest absolute Gasteiger partial charge is 0.233 e. The lowest BCUT2D eigenvalue weighted by Crippen LogP contribution is -2.40. The summed E-state index contributed by atoms with van der Waals surface area (Å²) in [7, 11) is 1.64. The van der Waals surface area contributed by atoms with E-state index in [4.69, 9.17) is 9.72 Å². The number of amides is 1. The largest absolute Gasteiger partial charge is 0.497 e. The van der Waals surface area contributed by atoms with Crippen molar-refractivity contribution in [1.82, 2.24) is 24.6 Å². The summed E-state index contributed by atoms with van der Waals surface area (Å²) < 4.78 is 8.39. The van der Waals surface area contributed by atoms with Gasteiger partial charge in [-0.15, -0.1) is 21.5 Å². The van der Waals surface area contributed by atoms with Crippen LogP contribution in [0.3, 0.4) is 0 Å². The number of carbonyl (C=O) groups is 1. The molecule has 0 radical (unpaired) electrons. The van der Waals surface area contributed by atoms with E-state index in [0.29, 0.717) is 16.8 Å². The molecule has 0 saturated carbocycles. The quantitative estimate of drug-likeness (QED) is 0.394. The molecule has 2 aromatic carbocycles. The number of hydrogen-bond donors (Lipinski definition) is 0. The Kier molecular flexibility index (Phi) is 6.09. The van der Waals surface area contributed by atoms with E-state index in [2.05, 4.69) is 22.3 Å². The summed E-state index contributed by atoms with van der Waals surface area (Å²) in [4.78, 5) is 19.8. The van der Waals surface area contributed by atoms with Gasteiger partial charge in [0.15, 0.2) is 5.16 Å². The predicted octanol–water partition coefficient (Wildman–Crippen LogP) is 4.38. The fourth-order valence-corrected chi connectivity index (χ4v) is 5.87. The number of methoxy groups -OCH3 is 1. The van der Waals surface area contributed by atoms with Gasteiger partial charge < -0.3 is 9.64 Å². The molecule has 0 aliphatic carbocycles. The van der Waals surface area contributed by atoms with Gasteiger partial charge in [0.05, 0.1) is 33.8 Å². The predicted molar refractivity (Wildman–Crippen MR) is 127 cm³/mol. The lowest BCUT2D eigenvalue weighted by molar-refractivity contribution is -0.129. The number of fused-ring (bicyclic) bond motifs is 1. The third kappa shape index (κ3) is 4.35. The monoisotopic (exact) mass is 465 g/mol. The minimum atomic E-state index is 0.126. The third-order valence-electron chi connectivity index (χ3n) is 5.61. The summed E-state index contributed by atoms with van der Waals surface area (Å²) in [6, 6.07) is 15.9. The Labute approximate surface area is 194 Å². The highest BCUT2D eigenvalue weighted by atomic mass is 32.2. The normalized spacial score (nSPS) is 16.4. The molecular weight excluding hydrogens is 442 g/mol. The number of aromatic nitrogens is 4. The molecule has 164 valence electrons. The van der Waals surface area contributed by atoms with Crippen LogP contribution in [0.15, 0.2) is 60.0 Å². The second kappa shape index (κ2) is 9.30. The van der Waals surface area contributed by atoms with Crippen LogP contribution >= 0.6 is 23.1 Å². The minimum Gasteiger partial charge on any atom is -0.497 e.